The van der Waals surface area contributed by atoms with E-state index in [0.29, 0.717) is 12.1 Å². The van der Waals surface area contributed by atoms with Gasteiger partial charge >= 0.3 is 0 Å². The second kappa shape index (κ2) is 3.55. The standard InChI is InChI=1S/C10H12IN3O/c1-6-12-9(11)3-10(13-6)14-4-8-2-7(14)5-15-8/h3,7-8H,2,4-5H2,1H3/t7-,8-/m1/s1. The predicted molar refractivity (Wildman–Crippen MR) is 65.0 cm³/mol. The Balaban J connectivity index is 1.93. The van der Waals surface area contributed by atoms with Gasteiger partial charge < -0.3 is 9.64 Å². The van der Waals surface area contributed by atoms with E-state index >= 15 is 0 Å². The van der Waals surface area contributed by atoms with Crippen molar-refractivity contribution in [2.24, 2.45) is 0 Å². The van der Waals surface area contributed by atoms with E-state index in [0.717, 1.165) is 34.9 Å². The van der Waals surface area contributed by atoms with E-state index in [9.17, 15) is 0 Å². The zero-order valence-corrected chi connectivity index (χ0v) is 10.6. The molecule has 1 aromatic rings. The predicted octanol–water partition coefficient (Wildman–Crippen LogP) is 1.37. The monoisotopic (exact) mass is 317 g/mol. The summed E-state index contributed by atoms with van der Waals surface area (Å²) in [6, 6.07) is 2.58. The molecule has 2 saturated heterocycles. The molecule has 0 amide bonds. The Morgan fingerprint density at radius 2 is 2.40 bits per heavy atom. The molecule has 2 fully saturated rings. The molecule has 3 heterocycles. The maximum Gasteiger partial charge on any atom is 0.133 e. The Bertz CT molecular complexity index is 378. The highest BCUT2D eigenvalue weighted by atomic mass is 127. The largest absolute Gasteiger partial charge is 0.374 e. The number of hydrogen-bond acceptors (Lipinski definition) is 4. The quantitative estimate of drug-likeness (QED) is 0.579. The van der Waals surface area contributed by atoms with Gasteiger partial charge in [-0.2, -0.15) is 0 Å². The van der Waals surface area contributed by atoms with E-state index in [2.05, 4.69) is 37.5 Å². The average molecular weight is 317 g/mol. The molecule has 2 aliphatic heterocycles. The molecule has 80 valence electrons. The molecule has 2 bridgehead atoms. The van der Waals surface area contributed by atoms with Gasteiger partial charge in [-0.15, -0.1) is 0 Å². The van der Waals surface area contributed by atoms with E-state index in [4.69, 9.17) is 4.74 Å². The van der Waals surface area contributed by atoms with Crippen LogP contribution < -0.4 is 4.90 Å². The van der Waals surface area contributed by atoms with E-state index < -0.39 is 0 Å². The summed E-state index contributed by atoms with van der Waals surface area (Å²) in [5, 5.41) is 0. The summed E-state index contributed by atoms with van der Waals surface area (Å²) in [7, 11) is 0. The zero-order valence-electron chi connectivity index (χ0n) is 8.48. The van der Waals surface area contributed by atoms with Crippen molar-refractivity contribution in [1.82, 2.24) is 9.97 Å². The van der Waals surface area contributed by atoms with Gasteiger partial charge in [0.15, 0.2) is 0 Å². The van der Waals surface area contributed by atoms with E-state index in [-0.39, 0.29) is 0 Å². The van der Waals surface area contributed by atoms with Crippen molar-refractivity contribution in [1.29, 1.82) is 0 Å². The fourth-order valence-corrected chi connectivity index (χ4v) is 2.97. The number of hydrogen-bond donors (Lipinski definition) is 0. The molecular weight excluding hydrogens is 305 g/mol. The average Bonchev–Trinajstić information content (AvgIpc) is 2.76. The molecule has 0 N–H and O–H groups in total. The first-order valence-electron chi connectivity index (χ1n) is 5.12. The Morgan fingerprint density at radius 3 is 3.00 bits per heavy atom. The van der Waals surface area contributed by atoms with Crippen molar-refractivity contribution in [2.45, 2.75) is 25.5 Å². The Morgan fingerprint density at radius 1 is 1.53 bits per heavy atom. The lowest BCUT2D eigenvalue weighted by Crippen LogP contribution is -2.37. The summed E-state index contributed by atoms with van der Waals surface area (Å²) in [4.78, 5) is 11.1. The molecule has 0 aliphatic carbocycles. The second-order valence-corrected chi connectivity index (χ2v) is 5.20. The number of morpholine rings is 1. The maximum atomic E-state index is 5.58. The van der Waals surface area contributed by atoms with Gasteiger partial charge in [-0.05, 0) is 35.9 Å². The lowest BCUT2D eigenvalue weighted by Gasteiger charge is -2.27. The number of aryl methyl sites for hydroxylation is 1. The Labute approximate surface area is 102 Å². The summed E-state index contributed by atoms with van der Waals surface area (Å²) < 4.78 is 6.59. The molecule has 2 atom stereocenters. The third kappa shape index (κ3) is 1.71. The molecule has 0 spiro atoms. The van der Waals surface area contributed by atoms with E-state index in [1.807, 2.05) is 13.0 Å². The first-order chi connectivity index (χ1) is 7.22. The number of nitrogens with zero attached hydrogens (tertiary/aromatic N) is 3. The van der Waals surface area contributed by atoms with Gasteiger partial charge in [-0.3, -0.25) is 0 Å². The molecular formula is C10H12IN3O. The number of aromatic nitrogens is 2. The van der Waals surface area contributed by atoms with Crippen LogP contribution in [0.4, 0.5) is 5.82 Å². The van der Waals surface area contributed by atoms with Crippen molar-refractivity contribution in [3.63, 3.8) is 0 Å². The van der Waals surface area contributed by atoms with Crippen molar-refractivity contribution in [3.05, 3.63) is 15.6 Å². The first-order valence-corrected chi connectivity index (χ1v) is 6.19. The third-order valence-electron chi connectivity index (χ3n) is 2.99. The molecule has 15 heavy (non-hydrogen) atoms. The van der Waals surface area contributed by atoms with Gasteiger partial charge in [0.25, 0.3) is 0 Å². The van der Waals surface area contributed by atoms with Crippen molar-refractivity contribution in [2.75, 3.05) is 18.1 Å². The number of anilines is 1. The summed E-state index contributed by atoms with van der Waals surface area (Å²) in [6.45, 7) is 3.78. The molecule has 3 rings (SSSR count). The van der Waals surface area contributed by atoms with Gasteiger partial charge in [-0.1, -0.05) is 0 Å². The van der Waals surface area contributed by atoms with Gasteiger partial charge in [-0.25, -0.2) is 9.97 Å². The summed E-state index contributed by atoms with van der Waals surface area (Å²) >= 11 is 2.24. The summed E-state index contributed by atoms with van der Waals surface area (Å²) in [5.74, 6) is 1.91. The molecule has 4 nitrogen and oxygen atoms in total. The number of ether oxygens (including phenoxy) is 1. The fraction of sp³-hybridized carbons (Fsp3) is 0.600. The van der Waals surface area contributed by atoms with Crippen LogP contribution in [0.1, 0.15) is 12.2 Å². The Kier molecular flexibility index (Phi) is 2.31. The number of rotatable bonds is 1. The zero-order chi connectivity index (χ0) is 10.4. The molecule has 2 aliphatic rings. The highest BCUT2D eigenvalue weighted by Gasteiger charge is 2.39. The van der Waals surface area contributed by atoms with E-state index in [1.54, 1.807) is 0 Å². The van der Waals surface area contributed by atoms with Crippen LogP contribution in [0, 0.1) is 10.6 Å². The van der Waals surface area contributed by atoms with Crippen LogP contribution in [0.5, 0.6) is 0 Å². The fourth-order valence-electron chi connectivity index (χ4n) is 2.34. The number of fused-ring (bicyclic) bond motifs is 2. The molecule has 5 heteroatoms. The second-order valence-electron chi connectivity index (χ2n) is 4.09. The van der Waals surface area contributed by atoms with Crippen LogP contribution in [0.3, 0.4) is 0 Å². The van der Waals surface area contributed by atoms with Crippen molar-refractivity contribution >= 4 is 28.4 Å². The SMILES string of the molecule is Cc1nc(I)cc(N2C[C@H]3C[C@@H]2CO3)n1. The molecule has 0 radical (unpaired) electrons. The van der Waals surface area contributed by atoms with Gasteiger partial charge in [0.1, 0.15) is 15.3 Å². The lowest BCUT2D eigenvalue weighted by atomic mass is 10.2. The summed E-state index contributed by atoms with van der Waals surface area (Å²) in [5.41, 5.74) is 0. The minimum Gasteiger partial charge on any atom is -0.374 e. The highest BCUT2D eigenvalue weighted by Crippen LogP contribution is 2.31. The maximum absolute atomic E-state index is 5.58. The van der Waals surface area contributed by atoms with Crippen LogP contribution in [0.25, 0.3) is 0 Å². The minimum absolute atomic E-state index is 0.419. The van der Waals surface area contributed by atoms with Gasteiger partial charge in [0.2, 0.25) is 0 Å². The summed E-state index contributed by atoms with van der Waals surface area (Å²) in [6.07, 6.45) is 1.57. The number of halogens is 1. The molecule has 0 saturated carbocycles. The molecule has 0 unspecified atom stereocenters. The van der Waals surface area contributed by atoms with E-state index in [1.165, 1.54) is 0 Å². The topological polar surface area (TPSA) is 38.2 Å². The highest BCUT2D eigenvalue weighted by molar-refractivity contribution is 14.1. The lowest BCUT2D eigenvalue weighted by molar-refractivity contribution is 0.0988. The van der Waals surface area contributed by atoms with Crippen LogP contribution >= 0.6 is 22.6 Å². The molecule has 0 aromatic carbocycles. The third-order valence-corrected chi connectivity index (χ3v) is 3.54. The van der Waals surface area contributed by atoms with Crippen LogP contribution in [-0.4, -0.2) is 35.3 Å². The van der Waals surface area contributed by atoms with Crippen molar-refractivity contribution in [3.8, 4) is 0 Å². The van der Waals surface area contributed by atoms with Gasteiger partial charge in [0, 0.05) is 12.6 Å². The van der Waals surface area contributed by atoms with Crippen molar-refractivity contribution < 1.29 is 4.74 Å². The molecule has 1 aromatic heterocycles. The van der Waals surface area contributed by atoms with Crippen LogP contribution in [0.15, 0.2) is 6.07 Å². The van der Waals surface area contributed by atoms with Crippen LogP contribution in [0.2, 0.25) is 0 Å². The Hall–Kier alpha value is -0.430. The normalized spacial score (nSPS) is 28.8. The van der Waals surface area contributed by atoms with Gasteiger partial charge in [0.05, 0.1) is 18.8 Å². The smallest absolute Gasteiger partial charge is 0.133 e. The minimum atomic E-state index is 0.419. The first kappa shape index (κ1) is 9.77. The van der Waals surface area contributed by atoms with Crippen LogP contribution in [-0.2, 0) is 4.74 Å².